The van der Waals surface area contributed by atoms with E-state index in [1.807, 2.05) is 6.08 Å². The second kappa shape index (κ2) is 1.16. The van der Waals surface area contributed by atoms with Crippen molar-refractivity contribution < 1.29 is 5.11 Å². The molecule has 1 N–H and O–H groups in total. The van der Waals surface area contributed by atoms with Gasteiger partial charge in [-0.15, -0.1) is 0 Å². The van der Waals surface area contributed by atoms with Gasteiger partial charge in [0.2, 0.25) is 0 Å². The summed E-state index contributed by atoms with van der Waals surface area (Å²) in [5.74, 6) is 1.51. The van der Waals surface area contributed by atoms with E-state index in [2.05, 4.69) is 12.2 Å². The maximum absolute atomic E-state index is 9.03. The highest BCUT2D eigenvalue weighted by molar-refractivity contribution is 5.25. The Bertz CT molecular complexity index is 167. The first-order chi connectivity index (χ1) is 3.86. The topological polar surface area (TPSA) is 20.2 Å². The Morgan fingerprint density at radius 3 is 2.62 bits per heavy atom. The Balaban J connectivity index is 2.36. The van der Waals surface area contributed by atoms with Crippen LogP contribution in [0.5, 0.6) is 0 Å². The molecule has 2 aliphatic carbocycles. The summed E-state index contributed by atoms with van der Waals surface area (Å²) in [5.41, 5.74) is 0. The zero-order valence-corrected chi connectivity index (χ0v) is 4.54. The van der Waals surface area contributed by atoms with E-state index in [9.17, 15) is 0 Å². The van der Waals surface area contributed by atoms with Gasteiger partial charge in [0.15, 0.2) is 0 Å². The van der Waals surface area contributed by atoms with E-state index in [1.54, 1.807) is 0 Å². The summed E-state index contributed by atoms with van der Waals surface area (Å²) in [6.07, 6.45) is 7.29. The molecule has 0 fully saturated rings. The van der Waals surface area contributed by atoms with Gasteiger partial charge < -0.3 is 5.11 Å². The van der Waals surface area contributed by atoms with Gasteiger partial charge in [0.05, 0.1) is 5.76 Å². The summed E-state index contributed by atoms with van der Waals surface area (Å²) < 4.78 is 0. The highest BCUT2D eigenvalue weighted by Gasteiger charge is 2.27. The van der Waals surface area contributed by atoms with Crippen LogP contribution >= 0.6 is 0 Å². The smallest absolute Gasteiger partial charge is 0.0957 e. The largest absolute Gasteiger partial charge is 0.512 e. The Hall–Kier alpha value is -0.720. The molecule has 2 atom stereocenters. The number of hydrogen-bond acceptors (Lipinski definition) is 1. The normalized spacial score (nSPS) is 40.8. The van der Waals surface area contributed by atoms with Crippen molar-refractivity contribution in [3.05, 3.63) is 24.0 Å². The number of aliphatic hydroxyl groups excluding tert-OH is 1. The Morgan fingerprint density at radius 2 is 2.38 bits per heavy atom. The maximum Gasteiger partial charge on any atom is 0.0957 e. The fraction of sp³-hybridized carbons (Fsp3) is 0.429. The zero-order valence-electron chi connectivity index (χ0n) is 4.54. The first-order valence-electron chi connectivity index (χ1n) is 2.95. The molecular formula is C7H8O. The SMILES string of the molecule is OC1=CC2C=CC1C2. The summed E-state index contributed by atoms with van der Waals surface area (Å²) in [6, 6.07) is 0. The number of hydrogen-bond donors (Lipinski definition) is 1. The lowest BCUT2D eigenvalue weighted by atomic mass is 10.1. The van der Waals surface area contributed by atoms with Gasteiger partial charge in [-0.25, -0.2) is 0 Å². The van der Waals surface area contributed by atoms with Gasteiger partial charge in [-0.3, -0.25) is 0 Å². The molecule has 1 nitrogen and oxygen atoms in total. The Kier molecular flexibility index (Phi) is 0.608. The molecule has 2 aliphatic rings. The second-order valence-corrected chi connectivity index (χ2v) is 2.48. The Labute approximate surface area is 48.3 Å². The molecule has 8 heavy (non-hydrogen) atoms. The molecule has 0 aromatic carbocycles. The van der Waals surface area contributed by atoms with E-state index in [0.717, 1.165) is 6.42 Å². The number of aliphatic hydroxyl groups is 1. The third-order valence-corrected chi connectivity index (χ3v) is 1.88. The molecule has 1 heteroatoms. The molecule has 0 aliphatic heterocycles. The zero-order chi connectivity index (χ0) is 5.56. The van der Waals surface area contributed by atoms with Gasteiger partial charge in [-0.2, -0.15) is 0 Å². The van der Waals surface area contributed by atoms with Crippen molar-refractivity contribution >= 4 is 0 Å². The van der Waals surface area contributed by atoms with E-state index in [0.29, 0.717) is 17.6 Å². The molecule has 0 saturated heterocycles. The third-order valence-electron chi connectivity index (χ3n) is 1.88. The molecule has 0 aromatic heterocycles. The first kappa shape index (κ1) is 4.19. The molecule has 0 saturated carbocycles. The van der Waals surface area contributed by atoms with Crippen molar-refractivity contribution in [1.29, 1.82) is 0 Å². The first-order valence-corrected chi connectivity index (χ1v) is 2.95. The van der Waals surface area contributed by atoms with Crippen LogP contribution < -0.4 is 0 Å². The monoisotopic (exact) mass is 108 g/mol. The van der Waals surface area contributed by atoms with E-state index in [-0.39, 0.29) is 0 Å². The molecule has 0 heterocycles. The van der Waals surface area contributed by atoms with Crippen LogP contribution in [0.1, 0.15) is 6.42 Å². The summed E-state index contributed by atoms with van der Waals surface area (Å²) in [7, 11) is 0. The maximum atomic E-state index is 9.03. The lowest BCUT2D eigenvalue weighted by molar-refractivity contribution is 0.367. The van der Waals surface area contributed by atoms with Crippen molar-refractivity contribution in [3.8, 4) is 0 Å². The molecule has 0 aromatic rings. The van der Waals surface area contributed by atoms with Crippen molar-refractivity contribution in [2.24, 2.45) is 11.8 Å². The van der Waals surface area contributed by atoms with Crippen LogP contribution in [0.4, 0.5) is 0 Å². The minimum Gasteiger partial charge on any atom is -0.512 e. The summed E-state index contributed by atoms with van der Waals surface area (Å²) in [5, 5.41) is 9.03. The predicted molar refractivity (Wildman–Crippen MR) is 31.4 cm³/mol. The van der Waals surface area contributed by atoms with Gasteiger partial charge >= 0.3 is 0 Å². The quantitative estimate of drug-likeness (QED) is 0.467. The standard InChI is InChI=1S/C7H8O/c8-7-4-5-1-2-6(7)3-5/h1-2,4-6,8H,3H2. The van der Waals surface area contributed by atoms with Gasteiger partial charge in [0, 0.05) is 5.92 Å². The molecule has 0 radical (unpaired) electrons. The number of rotatable bonds is 0. The van der Waals surface area contributed by atoms with Gasteiger partial charge in [-0.05, 0) is 18.4 Å². The van der Waals surface area contributed by atoms with E-state index < -0.39 is 0 Å². The lowest BCUT2D eigenvalue weighted by Gasteiger charge is -1.98. The van der Waals surface area contributed by atoms with Crippen LogP contribution in [0.25, 0.3) is 0 Å². The average molecular weight is 108 g/mol. The van der Waals surface area contributed by atoms with Crippen LogP contribution in [0.3, 0.4) is 0 Å². The van der Waals surface area contributed by atoms with Crippen LogP contribution in [0.2, 0.25) is 0 Å². The van der Waals surface area contributed by atoms with Crippen molar-refractivity contribution in [3.63, 3.8) is 0 Å². The van der Waals surface area contributed by atoms with Crippen molar-refractivity contribution in [2.45, 2.75) is 6.42 Å². The summed E-state index contributed by atoms with van der Waals surface area (Å²) >= 11 is 0. The molecular weight excluding hydrogens is 100 g/mol. The molecule has 2 rings (SSSR count). The van der Waals surface area contributed by atoms with Crippen LogP contribution in [0, 0.1) is 11.8 Å². The predicted octanol–water partition coefficient (Wildman–Crippen LogP) is 1.63. The molecule has 0 spiro atoms. The van der Waals surface area contributed by atoms with E-state index in [1.165, 1.54) is 0 Å². The lowest BCUT2D eigenvalue weighted by Crippen LogP contribution is -1.89. The third kappa shape index (κ3) is 0.365. The van der Waals surface area contributed by atoms with Crippen LogP contribution in [-0.4, -0.2) is 5.11 Å². The fourth-order valence-corrected chi connectivity index (χ4v) is 1.41. The number of fused-ring (bicyclic) bond motifs is 2. The summed E-state index contributed by atoms with van der Waals surface area (Å²) in [6.45, 7) is 0. The van der Waals surface area contributed by atoms with E-state index in [4.69, 9.17) is 5.11 Å². The van der Waals surface area contributed by atoms with Gasteiger partial charge in [0.1, 0.15) is 0 Å². The molecule has 42 valence electrons. The molecule has 0 amide bonds. The van der Waals surface area contributed by atoms with Crippen LogP contribution in [-0.2, 0) is 0 Å². The van der Waals surface area contributed by atoms with Crippen molar-refractivity contribution in [1.82, 2.24) is 0 Å². The Morgan fingerprint density at radius 1 is 1.50 bits per heavy atom. The fourth-order valence-electron chi connectivity index (χ4n) is 1.41. The van der Waals surface area contributed by atoms with E-state index >= 15 is 0 Å². The summed E-state index contributed by atoms with van der Waals surface area (Å²) in [4.78, 5) is 0. The minimum atomic E-state index is 0.375. The highest BCUT2D eigenvalue weighted by Crippen LogP contribution is 2.36. The average Bonchev–Trinajstić information content (AvgIpc) is 2.23. The van der Waals surface area contributed by atoms with Crippen LogP contribution in [0.15, 0.2) is 24.0 Å². The molecule has 2 bridgehead atoms. The van der Waals surface area contributed by atoms with Gasteiger partial charge in [-0.1, -0.05) is 12.2 Å². The van der Waals surface area contributed by atoms with Crippen molar-refractivity contribution in [2.75, 3.05) is 0 Å². The highest BCUT2D eigenvalue weighted by atomic mass is 16.3. The minimum absolute atomic E-state index is 0.375. The van der Waals surface area contributed by atoms with Gasteiger partial charge in [0.25, 0.3) is 0 Å². The second-order valence-electron chi connectivity index (χ2n) is 2.48. The number of allylic oxidation sites excluding steroid dienone is 3. The molecule has 2 unspecified atom stereocenters.